The molecule has 1 unspecified atom stereocenters. The molecule has 0 fully saturated rings. The Balaban J connectivity index is 1.90. The summed E-state index contributed by atoms with van der Waals surface area (Å²) >= 11 is 0. The van der Waals surface area contributed by atoms with Gasteiger partial charge in [-0.3, -0.25) is 9.59 Å². The first kappa shape index (κ1) is 19.9. The number of aromatic nitrogens is 1. The number of carboxylic acid groups (broad SMARTS) is 1. The van der Waals surface area contributed by atoms with Crippen LogP contribution in [-0.2, 0) is 22.6 Å². The molecule has 0 spiro atoms. The fourth-order valence-corrected chi connectivity index (χ4v) is 3.47. The van der Waals surface area contributed by atoms with E-state index in [2.05, 4.69) is 17.1 Å². The van der Waals surface area contributed by atoms with E-state index >= 15 is 0 Å². The first-order chi connectivity index (χ1) is 13.4. The maximum atomic E-state index is 12.9. The number of carboxylic acids is 1. The summed E-state index contributed by atoms with van der Waals surface area (Å²) in [5, 5.41) is 15.1. The summed E-state index contributed by atoms with van der Waals surface area (Å²) in [6.07, 6.45) is 2.95. The minimum Gasteiger partial charge on any atom is -0.481 e. The maximum Gasteiger partial charge on any atom is 0.304 e. The lowest BCUT2D eigenvalue weighted by atomic mass is 9.99. The summed E-state index contributed by atoms with van der Waals surface area (Å²) in [7, 11) is 0. The van der Waals surface area contributed by atoms with Crippen molar-refractivity contribution >= 4 is 22.6 Å². The van der Waals surface area contributed by atoms with Gasteiger partial charge in [0.2, 0.25) is 0 Å². The van der Waals surface area contributed by atoms with Crippen molar-refractivity contribution in [2.75, 3.05) is 13.1 Å². The summed E-state index contributed by atoms with van der Waals surface area (Å²) < 4.78 is 7.64. The molecule has 148 valence electrons. The molecule has 8 heteroatoms. The van der Waals surface area contributed by atoms with Crippen LogP contribution in [-0.4, -0.2) is 28.7 Å². The molecule has 0 saturated carbocycles. The topological polar surface area (TPSA) is 110 Å². The Morgan fingerprint density at radius 3 is 2.93 bits per heavy atom. The predicted molar refractivity (Wildman–Crippen MR) is 106 cm³/mol. The monoisotopic (exact) mass is 385 g/mol. The van der Waals surface area contributed by atoms with E-state index < -0.39 is 5.97 Å². The molecule has 0 amide bonds. The van der Waals surface area contributed by atoms with Crippen LogP contribution >= 0.6 is 0 Å². The molecule has 1 aliphatic rings. The van der Waals surface area contributed by atoms with E-state index in [4.69, 9.17) is 9.84 Å². The number of nitroso groups, excluding NO2 is 1. The number of nitrogens with one attached hydrogen (secondary N) is 1. The van der Waals surface area contributed by atoms with Crippen LogP contribution in [0.5, 0.6) is 0 Å². The quantitative estimate of drug-likeness (QED) is 0.507. The Kier molecular flexibility index (Phi) is 6.01. The fraction of sp³-hybridized carbons (Fsp3) is 0.400. The number of benzene rings is 1. The number of carbonyl (C=O) groups is 1. The van der Waals surface area contributed by atoms with Crippen molar-refractivity contribution in [3.05, 3.63) is 56.7 Å². The van der Waals surface area contributed by atoms with E-state index in [-0.39, 0.29) is 29.3 Å². The minimum atomic E-state index is -0.825. The van der Waals surface area contributed by atoms with Gasteiger partial charge >= 0.3 is 5.97 Å². The smallest absolute Gasteiger partial charge is 0.304 e. The van der Waals surface area contributed by atoms with Gasteiger partial charge < -0.3 is 19.7 Å². The van der Waals surface area contributed by atoms with Gasteiger partial charge in [-0.05, 0) is 43.1 Å². The number of aryl methyl sites for hydroxylation is 1. The Hall–Kier alpha value is -2.84. The second kappa shape index (κ2) is 8.45. The summed E-state index contributed by atoms with van der Waals surface area (Å²) in [6, 6.07) is 3.89. The molecule has 0 bridgehead atoms. The van der Waals surface area contributed by atoms with Gasteiger partial charge in [-0.1, -0.05) is 12.6 Å². The molecule has 0 saturated heterocycles. The molecule has 1 atom stereocenters. The highest BCUT2D eigenvalue weighted by Gasteiger charge is 2.22. The van der Waals surface area contributed by atoms with Crippen LogP contribution in [0.1, 0.15) is 42.7 Å². The lowest BCUT2D eigenvalue weighted by Crippen LogP contribution is -2.23. The van der Waals surface area contributed by atoms with Crippen LogP contribution in [0.25, 0.3) is 16.6 Å². The molecule has 3 rings (SSSR count). The van der Waals surface area contributed by atoms with Gasteiger partial charge in [0.25, 0.3) is 0 Å². The Bertz CT molecular complexity index is 995. The number of nitrogens with zero attached hydrogens (tertiary/aromatic N) is 2. The average Bonchev–Trinajstić information content (AvgIpc) is 2.68. The second-order valence-corrected chi connectivity index (χ2v) is 6.88. The van der Waals surface area contributed by atoms with Crippen molar-refractivity contribution in [1.82, 2.24) is 9.88 Å². The van der Waals surface area contributed by atoms with Crippen LogP contribution < -0.4 is 10.7 Å². The van der Waals surface area contributed by atoms with Gasteiger partial charge in [0.1, 0.15) is 11.9 Å². The van der Waals surface area contributed by atoms with Crippen molar-refractivity contribution in [3.63, 3.8) is 0 Å². The van der Waals surface area contributed by atoms with Crippen molar-refractivity contribution in [1.29, 1.82) is 0 Å². The molecule has 1 aromatic carbocycles. The number of aliphatic carboxylic acids is 1. The highest BCUT2D eigenvalue weighted by atomic mass is 16.5. The molecule has 2 heterocycles. The Morgan fingerprint density at radius 1 is 1.43 bits per heavy atom. The normalized spacial score (nSPS) is 15.5. The van der Waals surface area contributed by atoms with E-state index in [0.29, 0.717) is 25.1 Å². The highest BCUT2D eigenvalue weighted by Crippen LogP contribution is 2.30. The zero-order chi connectivity index (χ0) is 20.3. The van der Waals surface area contributed by atoms with Crippen LogP contribution in [0.3, 0.4) is 0 Å². The van der Waals surface area contributed by atoms with Gasteiger partial charge in [0, 0.05) is 23.7 Å². The summed E-state index contributed by atoms with van der Waals surface area (Å²) in [5.41, 5.74) is 2.56. The van der Waals surface area contributed by atoms with Gasteiger partial charge in [-0.2, -0.15) is 0 Å². The van der Waals surface area contributed by atoms with Crippen molar-refractivity contribution in [2.24, 2.45) is 5.18 Å². The van der Waals surface area contributed by atoms with Gasteiger partial charge in [-0.25, -0.2) is 0 Å². The Labute approximate surface area is 161 Å². The first-order valence-electron chi connectivity index (χ1n) is 9.19. The minimum absolute atomic E-state index is 0.0899. The molecular formula is C20H23N3O5. The lowest BCUT2D eigenvalue weighted by Gasteiger charge is -2.27. The third kappa shape index (κ3) is 4.02. The Morgan fingerprint density at radius 2 is 2.21 bits per heavy atom. The highest BCUT2D eigenvalue weighted by molar-refractivity contribution is 5.86. The van der Waals surface area contributed by atoms with Crippen LogP contribution in [0.2, 0.25) is 0 Å². The second-order valence-electron chi connectivity index (χ2n) is 6.88. The average molecular weight is 385 g/mol. The summed E-state index contributed by atoms with van der Waals surface area (Å²) in [5.74, 6) is -0.825. The molecular weight excluding hydrogens is 362 g/mol. The van der Waals surface area contributed by atoms with Crippen LogP contribution in [0.4, 0.5) is 0 Å². The number of rotatable bonds is 9. The van der Waals surface area contributed by atoms with Crippen LogP contribution in [0, 0.1) is 4.91 Å². The SMILES string of the molecule is C=C(N=O)c1cn2c3c(cc(CCCNCCC(=O)O)cc3c1=O)COC2C. The standard InChI is InChI=1S/C20H23N3O5/c1-12(22-27)17-10-23-13(2)28-11-15-8-14(9-16(19(15)23)20(17)26)4-3-6-21-7-5-18(24)25/h8-10,13,21H,1,3-7,11H2,2H3,(H,24,25). The molecule has 8 nitrogen and oxygen atoms in total. The van der Waals surface area contributed by atoms with E-state index in [0.717, 1.165) is 29.5 Å². The van der Waals surface area contributed by atoms with Gasteiger partial charge in [0.05, 0.1) is 24.1 Å². The third-order valence-corrected chi connectivity index (χ3v) is 4.89. The molecule has 2 aromatic rings. The molecule has 28 heavy (non-hydrogen) atoms. The first-order valence-corrected chi connectivity index (χ1v) is 9.19. The predicted octanol–water partition coefficient (Wildman–Crippen LogP) is 2.78. The molecule has 1 aliphatic heterocycles. The largest absolute Gasteiger partial charge is 0.481 e. The van der Waals surface area contributed by atoms with Gasteiger partial charge in [0.15, 0.2) is 5.43 Å². The van der Waals surface area contributed by atoms with E-state index in [1.54, 1.807) is 6.20 Å². The maximum absolute atomic E-state index is 12.9. The third-order valence-electron chi connectivity index (χ3n) is 4.89. The lowest BCUT2D eigenvalue weighted by molar-refractivity contribution is -0.136. The number of pyridine rings is 1. The number of hydrogen-bond acceptors (Lipinski definition) is 6. The van der Waals surface area contributed by atoms with Crippen molar-refractivity contribution < 1.29 is 14.6 Å². The summed E-state index contributed by atoms with van der Waals surface area (Å²) in [4.78, 5) is 34.4. The zero-order valence-electron chi connectivity index (χ0n) is 15.7. The van der Waals surface area contributed by atoms with E-state index in [1.165, 1.54) is 0 Å². The molecule has 1 aromatic heterocycles. The number of ether oxygens (including phenoxy) is 1. The molecule has 0 radical (unpaired) electrons. The van der Waals surface area contributed by atoms with Gasteiger partial charge in [-0.15, -0.1) is 4.91 Å². The van der Waals surface area contributed by atoms with E-state index in [1.807, 2.05) is 23.6 Å². The van der Waals surface area contributed by atoms with E-state index in [9.17, 15) is 14.5 Å². The van der Waals surface area contributed by atoms with Crippen LogP contribution in [0.15, 0.2) is 34.9 Å². The van der Waals surface area contributed by atoms with Crippen molar-refractivity contribution in [3.8, 4) is 0 Å². The fourth-order valence-electron chi connectivity index (χ4n) is 3.47. The molecule has 2 N–H and O–H groups in total. The van der Waals surface area contributed by atoms with Crippen molar-refractivity contribution in [2.45, 2.75) is 39.0 Å². The molecule has 0 aliphatic carbocycles. The summed E-state index contributed by atoms with van der Waals surface area (Å²) in [6.45, 7) is 6.99. The number of hydrogen-bond donors (Lipinski definition) is 2. The zero-order valence-corrected chi connectivity index (χ0v) is 15.7.